The van der Waals surface area contributed by atoms with Crippen LogP contribution in [0.3, 0.4) is 0 Å². The van der Waals surface area contributed by atoms with E-state index >= 15 is 0 Å². The summed E-state index contributed by atoms with van der Waals surface area (Å²) in [5, 5.41) is 6.03. The zero-order valence-electron chi connectivity index (χ0n) is 18.1. The Morgan fingerprint density at radius 2 is 2.24 bits per heavy atom. The first kappa shape index (κ1) is 20.7. The summed E-state index contributed by atoms with van der Waals surface area (Å²) in [5.74, 6) is 1.45. The van der Waals surface area contributed by atoms with Crippen LogP contribution in [-0.4, -0.2) is 70.5 Å². The Balaban J connectivity index is 1.12. The number of ether oxygens (including phenoxy) is 1. The first-order chi connectivity index (χ1) is 16.1. The number of morpholine rings is 1. The van der Waals surface area contributed by atoms with Gasteiger partial charge in [-0.25, -0.2) is 9.97 Å². The SMILES string of the molecule is O=C1Nc2ncc(C=CC(=O)N3CC4C=C(c5nccs5)CC4C3)cc2CN2CCOCC12. The molecule has 0 bridgehead atoms. The second-order valence-corrected chi connectivity index (χ2v) is 9.96. The van der Waals surface area contributed by atoms with Gasteiger partial charge in [-0.2, -0.15) is 0 Å². The fourth-order valence-corrected chi connectivity index (χ4v) is 5.92. The zero-order valence-corrected chi connectivity index (χ0v) is 19.0. The van der Waals surface area contributed by atoms with Crippen LogP contribution in [0.1, 0.15) is 22.6 Å². The first-order valence-corrected chi connectivity index (χ1v) is 12.2. The Morgan fingerprint density at radius 3 is 3.09 bits per heavy atom. The molecule has 170 valence electrons. The molecule has 3 aliphatic heterocycles. The summed E-state index contributed by atoms with van der Waals surface area (Å²) in [6.45, 7) is 3.92. The molecular formula is C24H25N5O3S. The third-order valence-corrected chi connectivity index (χ3v) is 7.82. The average molecular weight is 464 g/mol. The zero-order chi connectivity index (χ0) is 22.4. The van der Waals surface area contributed by atoms with E-state index in [4.69, 9.17) is 4.74 Å². The molecule has 1 N–H and O–H groups in total. The molecule has 3 unspecified atom stereocenters. The molecule has 0 aromatic carbocycles. The Bertz CT molecular complexity index is 1140. The van der Waals surface area contributed by atoms with Gasteiger partial charge in [0.15, 0.2) is 0 Å². The lowest BCUT2D eigenvalue weighted by molar-refractivity contribution is -0.127. The van der Waals surface area contributed by atoms with Crippen molar-refractivity contribution >= 4 is 40.6 Å². The molecule has 5 heterocycles. The van der Waals surface area contributed by atoms with Gasteiger partial charge >= 0.3 is 0 Å². The van der Waals surface area contributed by atoms with Crippen LogP contribution in [0, 0.1) is 11.8 Å². The van der Waals surface area contributed by atoms with Crippen LogP contribution in [0.25, 0.3) is 11.6 Å². The monoisotopic (exact) mass is 463 g/mol. The van der Waals surface area contributed by atoms with Gasteiger partial charge in [0.05, 0.1) is 13.2 Å². The van der Waals surface area contributed by atoms with E-state index in [9.17, 15) is 9.59 Å². The molecule has 2 saturated heterocycles. The molecule has 9 heteroatoms. The molecule has 8 nitrogen and oxygen atoms in total. The summed E-state index contributed by atoms with van der Waals surface area (Å²) in [6.07, 6.45) is 10.3. The van der Waals surface area contributed by atoms with Crippen LogP contribution in [0.2, 0.25) is 0 Å². The highest BCUT2D eigenvalue weighted by molar-refractivity contribution is 7.10. The van der Waals surface area contributed by atoms with E-state index in [2.05, 4.69) is 26.3 Å². The number of rotatable bonds is 3. The third-order valence-electron chi connectivity index (χ3n) is 6.97. The third kappa shape index (κ3) is 4.01. The number of aromatic nitrogens is 2. The number of hydrogen-bond donors (Lipinski definition) is 1. The minimum absolute atomic E-state index is 0.0325. The molecule has 3 atom stereocenters. The van der Waals surface area contributed by atoms with Gasteiger partial charge < -0.3 is 15.0 Å². The van der Waals surface area contributed by atoms with Crippen LogP contribution in [0.15, 0.2) is 36.0 Å². The van der Waals surface area contributed by atoms with Crippen LogP contribution in [-0.2, 0) is 20.9 Å². The van der Waals surface area contributed by atoms with Gasteiger partial charge in [0.2, 0.25) is 11.8 Å². The van der Waals surface area contributed by atoms with E-state index in [0.717, 1.165) is 35.6 Å². The minimum atomic E-state index is -0.284. The highest BCUT2D eigenvalue weighted by Gasteiger charge is 2.38. The highest BCUT2D eigenvalue weighted by atomic mass is 32.1. The van der Waals surface area contributed by atoms with Crippen molar-refractivity contribution in [1.82, 2.24) is 19.8 Å². The van der Waals surface area contributed by atoms with Gasteiger partial charge in [0, 0.05) is 55.6 Å². The van der Waals surface area contributed by atoms with E-state index in [-0.39, 0.29) is 17.9 Å². The number of carbonyl (C=O) groups excluding carboxylic acids is 2. The molecule has 0 radical (unpaired) electrons. The summed E-state index contributed by atoms with van der Waals surface area (Å²) in [4.78, 5) is 38.3. The van der Waals surface area contributed by atoms with Gasteiger partial charge in [-0.1, -0.05) is 6.08 Å². The Morgan fingerprint density at radius 1 is 1.30 bits per heavy atom. The molecule has 6 rings (SSSR count). The number of allylic oxidation sites excluding steroid dienone is 1. The summed E-state index contributed by atoms with van der Waals surface area (Å²) >= 11 is 1.68. The number of anilines is 1. The van der Waals surface area contributed by atoms with Gasteiger partial charge in [0.25, 0.3) is 0 Å². The normalized spacial score (nSPS) is 27.0. The van der Waals surface area contributed by atoms with Crippen LogP contribution < -0.4 is 5.32 Å². The van der Waals surface area contributed by atoms with Gasteiger partial charge in [-0.15, -0.1) is 11.3 Å². The van der Waals surface area contributed by atoms with Crippen molar-refractivity contribution in [1.29, 1.82) is 0 Å². The number of nitrogens with one attached hydrogen (secondary N) is 1. The Hall–Kier alpha value is -2.88. The standard InChI is InChI=1S/C24H25N5O3S/c30-21(29-11-17-8-16(9-18(17)12-29)24-25-3-6-33-24)2-1-15-7-19-13-28-4-5-32-14-20(28)23(31)27-22(19)26-10-15/h1-3,6-8,10,17-18,20H,4-5,9,11-14H2,(H,26,27,31). The van der Waals surface area contributed by atoms with Crippen LogP contribution in [0.4, 0.5) is 5.82 Å². The van der Waals surface area contributed by atoms with E-state index < -0.39 is 0 Å². The molecule has 0 saturated carbocycles. The maximum atomic E-state index is 12.8. The fourth-order valence-electron chi connectivity index (χ4n) is 5.24. The van der Waals surface area contributed by atoms with Crippen molar-refractivity contribution in [2.45, 2.75) is 19.0 Å². The second kappa shape index (κ2) is 8.48. The lowest BCUT2D eigenvalue weighted by atomic mass is 10.00. The lowest BCUT2D eigenvalue weighted by Gasteiger charge is -2.32. The van der Waals surface area contributed by atoms with Crippen molar-refractivity contribution in [2.75, 3.05) is 38.2 Å². The van der Waals surface area contributed by atoms with Gasteiger partial charge in [-0.3, -0.25) is 14.5 Å². The summed E-state index contributed by atoms with van der Waals surface area (Å²) in [7, 11) is 0. The number of thiazole rings is 1. The fraction of sp³-hybridized carbons (Fsp3) is 0.417. The number of fused-ring (bicyclic) bond motifs is 3. The van der Waals surface area contributed by atoms with Crippen molar-refractivity contribution in [3.05, 3.63) is 52.1 Å². The number of carbonyl (C=O) groups is 2. The second-order valence-electron chi connectivity index (χ2n) is 9.06. The number of pyridine rings is 1. The van der Waals surface area contributed by atoms with Crippen LogP contribution in [0.5, 0.6) is 0 Å². The molecule has 2 amide bonds. The van der Waals surface area contributed by atoms with E-state index in [1.807, 2.05) is 28.6 Å². The summed E-state index contributed by atoms with van der Waals surface area (Å²) in [5.41, 5.74) is 3.14. The van der Waals surface area contributed by atoms with Gasteiger partial charge in [-0.05, 0) is 41.5 Å². The smallest absolute Gasteiger partial charge is 0.246 e. The van der Waals surface area contributed by atoms with Crippen molar-refractivity contribution in [3.63, 3.8) is 0 Å². The predicted molar refractivity (Wildman–Crippen MR) is 125 cm³/mol. The maximum absolute atomic E-state index is 12.8. The van der Waals surface area contributed by atoms with E-state index in [0.29, 0.717) is 44.0 Å². The number of amides is 2. The molecule has 4 aliphatic rings. The molecule has 2 aromatic rings. The predicted octanol–water partition coefficient (Wildman–Crippen LogP) is 2.27. The van der Waals surface area contributed by atoms with Crippen LogP contribution >= 0.6 is 11.3 Å². The molecule has 2 fully saturated rings. The quantitative estimate of drug-likeness (QED) is 0.703. The molecule has 1 aliphatic carbocycles. The first-order valence-electron chi connectivity index (χ1n) is 11.3. The molecular weight excluding hydrogens is 438 g/mol. The van der Waals surface area contributed by atoms with Gasteiger partial charge in [0.1, 0.15) is 16.9 Å². The lowest BCUT2D eigenvalue weighted by Crippen LogP contribution is -2.49. The molecule has 0 spiro atoms. The number of likely N-dealkylation sites (tertiary alicyclic amines) is 1. The maximum Gasteiger partial charge on any atom is 0.246 e. The van der Waals surface area contributed by atoms with E-state index in [1.165, 1.54) is 5.57 Å². The number of nitrogens with zero attached hydrogens (tertiary/aromatic N) is 4. The number of hydrogen-bond acceptors (Lipinski definition) is 7. The molecule has 33 heavy (non-hydrogen) atoms. The summed E-state index contributed by atoms with van der Waals surface area (Å²) < 4.78 is 5.47. The largest absolute Gasteiger partial charge is 0.378 e. The minimum Gasteiger partial charge on any atom is -0.378 e. The summed E-state index contributed by atoms with van der Waals surface area (Å²) in [6, 6.07) is 1.72. The van der Waals surface area contributed by atoms with Crippen molar-refractivity contribution in [3.8, 4) is 0 Å². The topological polar surface area (TPSA) is 87.7 Å². The Labute approximate surface area is 196 Å². The van der Waals surface area contributed by atoms with Crippen molar-refractivity contribution in [2.24, 2.45) is 11.8 Å². The highest BCUT2D eigenvalue weighted by Crippen LogP contribution is 2.41. The molecule has 2 aromatic heterocycles. The Kier molecular flexibility index (Phi) is 5.32. The van der Waals surface area contributed by atoms with E-state index in [1.54, 1.807) is 23.6 Å². The average Bonchev–Trinajstić information content (AvgIpc) is 3.54. The van der Waals surface area contributed by atoms with Crippen molar-refractivity contribution < 1.29 is 14.3 Å².